The second-order valence-corrected chi connectivity index (χ2v) is 7.19. The van der Waals surface area contributed by atoms with Crippen molar-refractivity contribution in [1.82, 2.24) is 4.98 Å². The van der Waals surface area contributed by atoms with Crippen molar-refractivity contribution in [2.75, 3.05) is 36.2 Å². The van der Waals surface area contributed by atoms with E-state index in [0.717, 1.165) is 5.82 Å². The largest absolute Gasteiger partial charge is 0.478 e. The standard InChI is InChI=1S/C22H23N5O4/c23-18(13-27(24)15-6-4-14(5-7-15)22(29)30)16-2-1-3-17-19(28)12-20(25-21(16)17)26-8-10-31-11-9-26/h1-7,12-13H,8-11,23-24H2,(H,25,28)(H,29,30)/b18-13-. The van der Waals surface area contributed by atoms with Gasteiger partial charge in [0.15, 0.2) is 5.43 Å². The highest BCUT2D eigenvalue weighted by Gasteiger charge is 2.15. The molecule has 4 rings (SSSR count). The fourth-order valence-electron chi connectivity index (χ4n) is 3.54. The van der Waals surface area contributed by atoms with Crippen LogP contribution < -0.4 is 26.9 Å². The molecule has 2 aromatic carbocycles. The third-order valence-corrected chi connectivity index (χ3v) is 5.20. The number of carboxylic acids is 1. The van der Waals surface area contributed by atoms with Crippen LogP contribution in [-0.2, 0) is 4.74 Å². The molecular formula is C22H23N5O4. The van der Waals surface area contributed by atoms with Crippen LogP contribution in [0.4, 0.5) is 11.5 Å². The number of aromatic nitrogens is 1. The maximum atomic E-state index is 12.7. The van der Waals surface area contributed by atoms with Gasteiger partial charge in [-0.25, -0.2) is 10.6 Å². The highest BCUT2D eigenvalue weighted by atomic mass is 16.5. The first-order valence-electron chi connectivity index (χ1n) is 9.78. The molecule has 0 radical (unpaired) electrons. The van der Waals surface area contributed by atoms with E-state index in [4.69, 9.17) is 21.4 Å². The van der Waals surface area contributed by atoms with Crippen molar-refractivity contribution in [2.24, 2.45) is 11.6 Å². The monoisotopic (exact) mass is 421 g/mol. The number of para-hydroxylation sites is 1. The summed E-state index contributed by atoms with van der Waals surface area (Å²) in [6.45, 7) is 2.59. The van der Waals surface area contributed by atoms with Gasteiger partial charge in [-0.05, 0) is 30.3 Å². The predicted octanol–water partition coefficient (Wildman–Crippen LogP) is 1.70. The van der Waals surface area contributed by atoms with Gasteiger partial charge in [0.05, 0.1) is 35.7 Å². The van der Waals surface area contributed by atoms with Crippen molar-refractivity contribution >= 4 is 34.1 Å². The van der Waals surface area contributed by atoms with E-state index in [9.17, 15) is 9.59 Å². The topological polar surface area (TPSA) is 138 Å². The molecule has 0 unspecified atom stereocenters. The van der Waals surface area contributed by atoms with E-state index in [1.807, 2.05) is 6.07 Å². The van der Waals surface area contributed by atoms with Crippen LogP contribution in [0.1, 0.15) is 15.9 Å². The lowest BCUT2D eigenvalue weighted by Gasteiger charge is -2.28. The summed E-state index contributed by atoms with van der Waals surface area (Å²) in [5, 5.41) is 10.9. The SMILES string of the molecule is N/C(=C\N(N)c1ccc(C(=O)O)cc1)c1cccc2c(=O)cc(N3CCOCC3)[nH]c12. The fraction of sp³-hybridized carbons (Fsp3) is 0.182. The molecule has 1 fully saturated rings. The van der Waals surface area contributed by atoms with Crippen molar-refractivity contribution in [1.29, 1.82) is 0 Å². The highest BCUT2D eigenvalue weighted by molar-refractivity contribution is 5.91. The van der Waals surface area contributed by atoms with E-state index in [1.54, 1.807) is 30.3 Å². The number of carbonyl (C=O) groups is 1. The Morgan fingerprint density at radius 1 is 1.16 bits per heavy atom. The minimum absolute atomic E-state index is 0.0984. The van der Waals surface area contributed by atoms with E-state index in [1.165, 1.54) is 23.3 Å². The molecule has 0 saturated carbocycles. The van der Waals surface area contributed by atoms with Gasteiger partial charge in [0, 0.05) is 36.3 Å². The molecule has 0 aliphatic carbocycles. The van der Waals surface area contributed by atoms with Gasteiger partial charge in [0.25, 0.3) is 0 Å². The van der Waals surface area contributed by atoms with Gasteiger partial charge in [-0.15, -0.1) is 0 Å². The first-order valence-corrected chi connectivity index (χ1v) is 9.78. The number of nitrogens with two attached hydrogens (primary N) is 2. The number of benzene rings is 2. The van der Waals surface area contributed by atoms with Crippen LogP contribution in [0.15, 0.2) is 59.5 Å². The summed E-state index contributed by atoms with van der Waals surface area (Å²) < 4.78 is 5.39. The zero-order valence-corrected chi connectivity index (χ0v) is 16.7. The maximum Gasteiger partial charge on any atom is 0.335 e. The summed E-state index contributed by atoms with van der Waals surface area (Å²) in [7, 11) is 0. The van der Waals surface area contributed by atoms with Crippen molar-refractivity contribution in [3.63, 3.8) is 0 Å². The van der Waals surface area contributed by atoms with Crippen molar-refractivity contribution < 1.29 is 14.6 Å². The Bertz CT molecular complexity index is 1200. The molecule has 6 N–H and O–H groups in total. The number of aromatic carboxylic acids is 1. The average Bonchev–Trinajstić information content (AvgIpc) is 2.79. The van der Waals surface area contributed by atoms with Crippen molar-refractivity contribution in [2.45, 2.75) is 0 Å². The predicted molar refractivity (Wildman–Crippen MR) is 120 cm³/mol. The summed E-state index contributed by atoms with van der Waals surface area (Å²) in [6.07, 6.45) is 1.53. The van der Waals surface area contributed by atoms with Crippen LogP contribution in [0, 0.1) is 0 Å². The van der Waals surface area contributed by atoms with Gasteiger partial charge in [-0.1, -0.05) is 12.1 Å². The summed E-state index contributed by atoms with van der Waals surface area (Å²) >= 11 is 0. The number of rotatable bonds is 5. The molecule has 3 aromatic rings. The molecule has 0 spiro atoms. The third-order valence-electron chi connectivity index (χ3n) is 5.20. The smallest absolute Gasteiger partial charge is 0.335 e. The van der Waals surface area contributed by atoms with Crippen LogP contribution in [0.3, 0.4) is 0 Å². The van der Waals surface area contributed by atoms with Gasteiger partial charge in [0.2, 0.25) is 0 Å². The normalized spacial score (nSPS) is 14.6. The number of fused-ring (bicyclic) bond motifs is 1. The Hall–Kier alpha value is -3.82. The maximum absolute atomic E-state index is 12.7. The third kappa shape index (κ3) is 4.23. The van der Waals surface area contributed by atoms with E-state index >= 15 is 0 Å². The van der Waals surface area contributed by atoms with Crippen LogP contribution >= 0.6 is 0 Å². The number of hydrogen-bond acceptors (Lipinski definition) is 7. The lowest BCUT2D eigenvalue weighted by molar-refractivity contribution is 0.0697. The number of hydrogen-bond donors (Lipinski definition) is 4. The first-order chi connectivity index (χ1) is 14.9. The second-order valence-electron chi connectivity index (χ2n) is 7.19. The Kier molecular flexibility index (Phi) is 5.61. The van der Waals surface area contributed by atoms with Crippen molar-refractivity contribution in [3.8, 4) is 0 Å². The molecule has 1 saturated heterocycles. The Morgan fingerprint density at radius 2 is 1.87 bits per heavy atom. The van der Waals surface area contributed by atoms with E-state index < -0.39 is 5.97 Å². The molecule has 0 amide bonds. The molecule has 1 aliphatic heterocycles. The fourth-order valence-corrected chi connectivity index (χ4v) is 3.54. The second kappa shape index (κ2) is 8.50. The first kappa shape index (κ1) is 20.5. The van der Waals surface area contributed by atoms with Gasteiger partial charge in [-0.3, -0.25) is 9.80 Å². The van der Waals surface area contributed by atoms with Gasteiger partial charge in [-0.2, -0.15) is 0 Å². The number of aromatic amines is 1. The molecule has 1 aliphatic rings. The minimum Gasteiger partial charge on any atom is -0.478 e. The average molecular weight is 421 g/mol. The van der Waals surface area contributed by atoms with E-state index in [2.05, 4.69) is 9.88 Å². The number of anilines is 2. The zero-order valence-electron chi connectivity index (χ0n) is 16.7. The molecule has 2 heterocycles. The number of H-pyrrole nitrogens is 1. The number of ether oxygens (including phenoxy) is 1. The molecule has 31 heavy (non-hydrogen) atoms. The number of nitrogens with zero attached hydrogens (tertiary/aromatic N) is 2. The molecule has 1 aromatic heterocycles. The Balaban J connectivity index is 1.71. The minimum atomic E-state index is -1.01. The molecule has 0 atom stereocenters. The van der Waals surface area contributed by atoms with Crippen molar-refractivity contribution in [3.05, 3.63) is 76.1 Å². The Labute approximate surface area is 178 Å². The number of morpholine rings is 1. The lowest BCUT2D eigenvalue weighted by atomic mass is 10.1. The number of pyridine rings is 1. The number of hydrazine groups is 1. The summed E-state index contributed by atoms with van der Waals surface area (Å²) in [4.78, 5) is 29.2. The molecule has 9 heteroatoms. The quantitative estimate of drug-likeness (QED) is 0.361. The molecule has 160 valence electrons. The van der Waals surface area contributed by atoms with Gasteiger partial charge < -0.3 is 25.5 Å². The van der Waals surface area contributed by atoms with Gasteiger partial charge in [0.1, 0.15) is 5.82 Å². The summed E-state index contributed by atoms with van der Waals surface area (Å²) in [6, 6.07) is 13.0. The van der Waals surface area contributed by atoms with E-state index in [-0.39, 0.29) is 11.0 Å². The van der Waals surface area contributed by atoms with Crippen LogP contribution in [0.25, 0.3) is 16.6 Å². The highest BCUT2D eigenvalue weighted by Crippen LogP contribution is 2.23. The van der Waals surface area contributed by atoms with Crippen LogP contribution in [0.2, 0.25) is 0 Å². The van der Waals surface area contributed by atoms with Crippen LogP contribution in [-0.4, -0.2) is 42.4 Å². The number of nitrogens with one attached hydrogen (secondary N) is 1. The van der Waals surface area contributed by atoms with E-state index in [0.29, 0.717) is 54.2 Å². The zero-order chi connectivity index (χ0) is 22.0. The molecular weight excluding hydrogens is 398 g/mol. The number of carboxylic acid groups (broad SMARTS) is 1. The molecule has 9 nitrogen and oxygen atoms in total. The van der Waals surface area contributed by atoms with Crippen LogP contribution in [0.5, 0.6) is 0 Å². The Morgan fingerprint density at radius 3 is 2.55 bits per heavy atom. The lowest BCUT2D eigenvalue weighted by Crippen LogP contribution is -2.37. The van der Waals surface area contributed by atoms with Gasteiger partial charge >= 0.3 is 5.97 Å². The summed E-state index contributed by atoms with van der Waals surface area (Å²) in [5.74, 6) is 5.82. The molecule has 0 bridgehead atoms. The summed E-state index contributed by atoms with van der Waals surface area (Å²) in [5.41, 5.74) is 8.59.